The Morgan fingerprint density at radius 3 is 2.94 bits per heavy atom. The zero-order valence-electron chi connectivity index (χ0n) is 10.0. The van der Waals surface area contributed by atoms with Crippen molar-refractivity contribution in [2.75, 3.05) is 6.54 Å². The molecule has 17 heavy (non-hydrogen) atoms. The van der Waals surface area contributed by atoms with Gasteiger partial charge in [-0.05, 0) is 35.0 Å². The number of aryl methyl sites for hydroxylation is 2. The third kappa shape index (κ3) is 3.40. The van der Waals surface area contributed by atoms with E-state index >= 15 is 0 Å². The van der Waals surface area contributed by atoms with E-state index in [0.717, 1.165) is 19.5 Å². The number of aromatic nitrogens is 2. The molecule has 0 unspecified atom stereocenters. The second kappa shape index (κ2) is 5.80. The Bertz CT molecular complexity index is 470. The molecule has 0 atom stereocenters. The van der Waals surface area contributed by atoms with Gasteiger partial charge in [0.05, 0.1) is 0 Å². The minimum atomic E-state index is 0.939. The highest BCUT2D eigenvalue weighted by Crippen LogP contribution is 2.25. The summed E-state index contributed by atoms with van der Waals surface area (Å²) in [6.45, 7) is 4.05. The predicted octanol–water partition coefficient (Wildman–Crippen LogP) is 2.88. The van der Waals surface area contributed by atoms with Crippen LogP contribution in [0.15, 0.2) is 22.8 Å². The fourth-order valence-corrected chi connectivity index (χ4v) is 3.25. The lowest BCUT2D eigenvalue weighted by molar-refractivity contribution is 0.646. The lowest BCUT2D eigenvalue weighted by Gasteiger charge is -2.03. The lowest BCUT2D eigenvalue weighted by atomic mass is 10.3. The monoisotopic (exact) mass is 313 g/mol. The van der Waals surface area contributed by atoms with Crippen LogP contribution in [0.4, 0.5) is 0 Å². The van der Waals surface area contributed by atoms with Gasteiger partial charge in [-0.3, -0.25) is 4.68 Å². The first-order chi connectivity index (χ1) is 8.16. The molecule has 0 bridgehead atoms. The van der Waals surface area contributed by atoms with Gasteiger partial charge in [-0.2, -0.15) is 5.10 Å². The summed E-state index contributed by atoms with van der Waals surface area (Å²) >= 11 is 5.38. The SMILES string of the molecule is Cc1sc(CNCCc2ccnn2C)cc1Br. The van der Waals surface area contributed by atoms with Crippen LogP contribution in [0.3, 0.4) is 0 Å². The van der Waals surface area contributed by atoms with Crippen LogP contribution in [0.1, 0.15) is 15.4 Å². The Labute approximate surface area is 114 Å². The Morgan fingerprint density at radius 2 is 2.35 bits per heavy atom. The molecule has 0 saturated heterocycles. The second-order valence-electron chi connectivity index (χ2n) is 3.99. The van der Waals surface area contributed by atoms with Crippen LogP contribution in [0, 0.1) is 6.92 Å². The average Bonchev–Trinajstić information content (AvgIpc) is 2.82. The van der Waals surface area contributed by atoms with Gasteiger partial charge in [0.1, 0.15) is 0 Å². The molecular formula is C12H16BrN3S. The summed E-state index contributed by atoms with van der Waals surface area (Å²) in [5, 5.41) is 7.61. The number of thiophene rings is 1. The van der Waals surface area contributed by atoms with E-state index in [4.69, 9.17) is 0 Å². The molecule has 0 spiro atoms. The zero-order chi connectivity index (χ0) is 12.3. The quantitative estimate of drug-likeness (QED) is 0.860. The molecule has 1 N–H and O–H groups in total. The Morgan fingerprint density at radius 1 is 1.53 bits per heavy atom. The Hall–Kier alpha value is -0.650. The number of nitrogens with zero attached hydrogens (tertiary/aromatic N) is 2. The standard InChI is InChI=1S/C12H16BrN3S/c1-9-12(13)7-11(17-9)8-14-5-3-10-4-6-15-16(10)2/h4,6-7,14H,3,5,8H2,1-2H3. The average molecular weight is 314 g/mol. The first-order valence-corrected chi connectivity index (χ1v) is 7.20. The van der Waals surface area contributed by atoms with Gasteiger partial charge < -0.3 is 5.32 Å². The summed E-state index contributed by atoms with van der Waals surface area (Å²) < 4.78 is 3.14. The molecule has 0 aromatic carbocycles. The van der Waals surface area contributed by atoms with E-state index in [1.54, 1.807) is 0 Å². The van der Waals surface area contributed by atoms with E-state index < -0.39 is 0 Å². The van der Waals surface area contributed by atoms with E-state index in [-0.39, 0.29) is 0 Å². The molecule has 2 heterocycles. The molecular weight excluding hydrogens is 298 g/mol. The summed E-state index contributed by atoms with van der Waals surface area (Å²) in [4.78, 5) is 2.72. The van der Waals surface area contributed by atoms with E-state index in [1.807, 2.05) is 29.3 Å². The predicted molar refractivity (Wildman–Crippen MR) is 75.4 cm³/mol. The van der Waals surface area contributed by atoms with E-state index in [1.165, 1.54) is 19.9 Å². The van der Waals surface area contributed by atoms with Crippen LogP contribution in [0.25, 0.3) is 0 Å². The maximum absolute atomic E-state index is 4.15. The number of hydrogen-bond donors (Lipinski definition) is 1. The fourth-order valence-electron chi connectivity index (χ4n) is 1.68. The van der Waals surface area contributed by atoms with Gasteiger partial charge >= 0.3 is 0 Å². The third-order valence-electron chi connectivity index (χ3n) is 2.69. The number of halogens is 1. The van der Waals surface area contributed by atoms with Gasteiger partial charge in [0.15, 0.2) is 0 Å². The second-order valence-corrected chi connectivity index (χ2v) is 6.18. The van der Waals surface area contributed by atoms with Crippen molar-refractivity contribution in [1.82, 2.24) is 15.1 Å². The molecule has 2 aromatic rings. The van der Waals surface area contributed by atoms with Gasteiger partial charge in [0.25, 0.3) is 0 Å². The van der Waals surface area contributed by atoms with Crippen LogP contribution >= 0.6 is 27.3 Å². The smallest absolute Gasteiger partial charge is 0.0492 e. The highest BCUT2D eigenvalue weighted by molar-refractivity contribution is 9.10. The molecule has 92 valence electrons. The van der Waals surface area contributed by atoms with Gasteiger partial charge in [-0.25, -0.2) is 0 Å². The third-order valence-corrected chi connectivity index (χ3v) is 4.82. The minimum Gasteiger partial charge on any atom is -0.311 e. The van der Waals surface area contributed by atoms with Crippen molar-refractivity contribution in [3.05, 3.63) is 38.3 Å². The molecule has 2 aromatic heterocycles. The minimum absolute atomic E-state index is 0.939. The molecule has 5 heteroatoms. The van der Waals surface area contributed by atoms with Crippen molar-refractivity contribution in [3.8, 4) is 0 Å². The van der Waals surface area contributed by atoms with Crippen LogP contribution in [0.5, 0.6) is 0 Å². The van der Waals surface area contributed by atoms with Gasteiger partial charge in [0, 0.05) is 52.7 Å². The molecule has 0 aliphatic rings. The van der Waals surface area contributed by atoms with Crippen LogP contribution in [0.2, 0.25) is 0 Å². The molecule has 2 rings (SSSR count). The van der Waals surface area contributed by atoms with Crippen LogP contribution < -0.4 is 5.32 Å². The van der Waals surface area contributed by atoms with Gasteiger partial charge in [0.2, 0.25) is 0 Å². The van der Waals surface area contributed by atoms with E-state index in [0.29, 0.717) is 0 Å². The Balaban J connectivity index is 1.75. The van der Waals surface area contributed by atoms with E-state index in [2.05, 4.69) is 45.4 Å². The van der Waals surface area contributed by atoms with Crippen molar-refractivity contribution in [2.24, 2.45) is 7.05 Å². The highest BCUT2D eigenvalue weighted by Gasteiger charge is 2.02. The van der Waals surface area contributed by atoms with Crippen molar-refractivity contribution < 1.29 is 0 Å². The molecule has 3 nitrogen and oxygen atoms in total. The lowest BCUT2D eigenvalue weighted by Crippen LogP contribution is -2.17. The molecule has 0 fully saturated rings. The van der Waals surface area contributed by atoms with Crippen molar-refractivity contribution >= 4 is 27.3 Å². The van der Waals surface area contributed by atoms with Gasteiger partial charge in [-0.1, -0.05) is 0 Å². The van der Waals surface area contributed by atoms with Crippen LogP contribution in [-0.4, -0.2) is 16.3 Å². The molecule has 0 aliphatic carbocycles. The van der Waals surface area contributed by atoms with Crippen molar-refractivity contribution in [2.45, 2.75) is 19.9 Å². The number of nitrogens with one attached hydrogen (secondary N) is 1. The number of rotatable bonds is 5. The van der Waals surface area contributed by atoms with E-state index in [9.17, 15) is 0 Å². The summed E-state index contributed by atoms with van der Waals surface area (Å²) in [6.07, 6.45) is 2.86. The topological polar surface area (TPSA) is 29.9 Å². The normalized spacial score (nSPS) is 11.0. The summed E-state index contributed by atoms with van der Waals surface area (Å²) in [7, 11) is 1.98. The van der Waals surface area contributed by atoms with Crippen molar-refractivity contribution in [1.29, 1.82) is 0 Å². The summed E-state index contributed by atoms with van der Waals surface area (Å²) in [6, 6.07) is 4.25. The number of hydrogen-bond acceptors (Lipinski definition) is 3. The first kappa shape index (κ1) is 12.8. The van der Waals surface area contributed by atoms with Crippen molar-refractivity contribution in [3.63, 3.8) is 0 Å². The molecule has 0 aliphatic heterocycles. The van der Waals surface area contributed by atoms with Crippen LogP contribution in [-0.2, 0) is 20.0 Å². The molecule has 0 amide bonds. The maximum Gasteiger partial charge on any atom is 0.0492 e. The largest absolute Gasteiger partial charge is 0.311 e. The van der Waals surface area contributed by atoms with Gasteiger partial charge in [-0.15, -0.1) is 11.3 Å². The molecule has 0 radical (unpaired) electrons. The first-order valence-electron chi connectivity index (χ1n) is 5.59. The Kier molecular flexibility index (Phi) is 4.36. The zero-order valence-corrected chi connectivity index (χ0v) is 12.4. The summed E-state index contributed by atoms with van der Waals surface area (Å²) in [5.74, 6) is 0. The highest BCUT2D eigenvalue weighted by atomic mass is 79.9. The molecule has 0 saturated carbocycles. The summed E-state index contributed by atoms with van der Waals surface area (Å²) in [5.41, 5.74) is 1.26. The fraction of sp³-hybridized carbons (Fsp3) is 0.417. The maximum atomic E-state index is 4.15.